The average Bonchev–Trinajstić information content (AvgIpc) is 2.69. The van der Waals surface area contributed by atoms with Gasteiger partial charge in [-0.25, -0.2) is 0 Å². The third-order valence-electron chi connectivity index (χ3n) is 4.43. The molecule has 3 atom stereocenters. The Morgan fingerprint density at radius 3 is 1.94 bits per heavy atom. The number of carbonyl (C=O) groups excluding carboxylic acids is 6. The molecule has 33 heavy (non-hydrogen) atoms. The standard InChI is InChI=1S/C21H36N2O6S.CO2/c1-12(2)20(28)14(5)11-17(24)16(7-8-19(26)27)23-18(25)9-10-22-21(29)15(6)30-13(3)4;2-1-3/h12-16H,7-11H2,1-6H3,(H,22,29)(H,23,25)(H,26,27);/t14-,15?,16+;/m1./s1. The van der Waals surface area contributed by atoms with Crippen molar-refractivity contribution in [2.75, 3.05) is 6.54 Å². The number of Topliss-reactive ketones (excluding diaryl/α,β-unsaturated/α-hetero) is 2. The molecular weight excluding hydrogens is 452 g/mol. The van der Waals surface area contributed by atoms with E-state index in [1.807, 2.05) is 13.8 Å². The summed E-state index contributed by atoms with van der Waals surface area (Å²) in [7, 11) is 0. The van der Waals surface area contributed by atoms with Crippen LogP contribution in [0.3, 0.4) is 0 Å². The van der Waals surface area contributed by atoms with Crippen molar-refractivity contribution in [2.45, 2.75) is 83.8 Å². The molecule has 0 radical (unpaired) electrons. The van der Waals surface area contributed by atoms with Gasteiger partial charge in [-0.05, 0) is 18.6 Å². The van der Waals surface area contributed by atoms with Crippen molar-refractivity contribution < 1.29 is 38.7 Å². The summed E-state index contributed by atoms with van der Waals surface area (Å²) in [6, 6.07) is -0.970. The van der Waals surface area contributed by atoms with Crippen LogP contribution in [-0.2, 0) is 33.6 Å². The van der Waals surface area contributed by atoms with Gasteiger partial charge in [0.1, 0.15) is 5.78 Å². The minimum Gasteiger partial charge on any atom is -0.481 e. The van der Waals surface area contributed by atoms with Crippen LogP contribution in [0.25, 0.3) is 0 Å². The maximum Gasteiger partial charge on any atom is 0.373 e. The Bertz CT molecular complexity index is 703. The summed E-state index contributed by atoms with van der Waals surface area (Å²) in [5.41, 5.74) is 0. The van der Waals surface area contributed by atoms with E-state index >= 15 is 0 Å². The van der Waals surface area contributed by atoms with Crippen molar-refractivity contribution in [3.05, 3.63) is 0 Å². The zero-order valence-electron chi connectivity index (χ0n) is 20.1. The van der Waals surface area contributed by atoms with E-state index in [1.165, 1.54) is 11.8 Å². The van der Waals surface area contributed by atoms with Crippen LogP contribution >= 0.6 is 11.8 Å². The molecule has 1 unspecified atom stereocenters. The van der Waals surface area contributed by atoms with Crippen molar-refractivity contribution in [3.63, 3.8) is 0 Å². The molecule has 0 saturated heterocycles. The predicted octanol–water partition coefficient (Wildman–Crippen LogP) is 1.61. The lowest BCUT2D eigenvalue weighted by Crippen LogP contribution is -2.43. The van der Waals surface area contributed by atoms with Crippen molar-refractivity contribution >= 4 is 47.3 Å². The van der Waals surface area contributed by atoms with E-state index in [0.29, 0.717) is 5.25 Å². The molecule has 0 bridgehead atoms. The normalized spacial score (nSPS) is 13.1. The highest BCUT2D eigenvalue weighted by Gasteiger charge is 2.26. The lowest BCUT2D eigenvalue weighted by atomic mass is 9.90. The Morgan fingerprint density at radius 2 is 1.48 bits per heavy atom. The number of amides is 2. The molecule has 0 aromatic rings. The molecule has 0 aliphatic heterocycles. The van der Waals surface area contributed by atoms with Gasteiger partial charge >= 0.3 is 12.1 Å². The average molecular weight is 489 g/mol. The highest BCUT2D eigenvalue weighted by Crippen LogP contribution is 2.16. The molecule has 2 amide bonds. The Balaban J connectivity index is 0. The third-order valence-corrected chi connectivity index (χ3v) is 5.60. The summed E-state index contributed by atoms with van der Waals surface area (Å²) >= 11 is 1.51. The number of hydrogen-bond acceptors (Lipinski definition) is 8. The summed E-state index contributed by atoms with van der Waals surface area (Å²) in [6.07, 6.45) is -0.148. The van der Waals surface area contributed by atoms with Crippen LogP contribution < -0.4 is 10.6 Å². The van der Waals surface area contributed by atoms with Crippen molar-refractivity contribution in [3.8, 4) is 0 Å². The lowest BCUT2D eigenvalue weighted by Gasteiger charge is -2.20. The van der Waals surface area contributed by atoms with E-state index in [-0.39, 0.29) is 67.0 Å². The monoisotopic (exact) mass is 488 g/mol. The molecule has 3 N–H and O–H groups in total. The van der Waals surface area contributed by atoms with Crippen LogP contribution in [0.2, 0.25) is 0 Å². The molecule has 0 saturated carbocycles. The van der Waals surface area contributed by atoms with Gasteiger partial charge in [0.05, 0.1) is 11.3 Å². The third kappa shape index (κ3) is 16.7. The van der Waals surface area contributed by atoms with Crippen LogP contribution in [0.15, 0.2) is 0 Å². The summed E-state index contributed by atoms with van der Waals surface area (Å²) in [5, 5.41) is 14.2. The highest BCUT2D eigenvalue weighted by atomic mass is 32.2. The number of carbonyl (C=O) groups is 5. The summed E-state index contributed by atoms with van der Waals surface area (Å²) in [4.78, 5) is 76.0. The van der Waals surface area contributed by atoms with E-state index in [9.17, 15) is 24.0 Å². The zero-order chi connectivity index (χ0) is 26.1. The molecule has 0 spiro atoms. The fourth-order valence-corrected chi connectivity index (χ4v) is 3.90. The molecule has 0 aromatic carbocycles. The first-order valence-corrected chi connectivity index (χ1v) is 11.7. The van der Waals surface area contributed by atoms with Crippen LogP contribution in [0.1, 0.15) is 67.2 Å². The van der Waals surface area contributed by atoms with E-state index in [1.54, 1.807) is 27.7 Å². The quantitative estimate of drug-likeness (QED) is 0.310. The first kappa shape index (κ1) is 32.7. The van der Waals surface area contributed by atoms with Gasteiger partial charge in [-0.15, -0.1) is 11.8 Å². The number of carboxylic acids is 1. The molecular formula is C22H36N2O8S. The zero-order valence-corrected chi connectivity index (χ0v) is 21.0. The predicted molar refractivity (Wildman–Crippen MR) is 122 cm³/mol. The Labute approximate surface area is 199 Å². The van der Waals surface area contributed by atoms with Gasteiger partial charge in [0.15, 0.2) is 5.78 Å². The van der Waals surface area contributed by atoms with Gasteiger partial charge in [0.2, 0.25) is 11.8 Å². The highest BCUT2D eigenvalue weighted by molar-refractivity contribution is 8.01. The van der Waals surface area contributed by atoms with Crippen molar-refractivity contribution in [2.24, 2.45) is 11.8 Å². The minimum atomic E-state index is -1.07. The van der Waals surface area contributed by atoms with E-state index < -0.39 is 23.8 Å². The van der Waals surface area contributed by atoms with Crippen LogP contribution in [-0.4, -0.2) is 63.7 Å². The van der Waals surface area contributed by atoms with Crippen molar-refractivity contribution in [1.29, 1.82) is 0 Å². The molecule has 0 fully saturated rings. The number of carboxylic acid groups (broad SMARTS) is 1. The summed E-state index contributed by atoms with van der Waals surface area (Å²) in [6.45, 7) is 11.1. The summed E-state index contributed by atoms with van der Waals surface area (Å²) < 4.78 is 0. The SMILES string of the molecule is CC(C)SC(C)C(=O)NCCC(=O)N[C@@H](CCC(=O)O)C(=O)C[C@@H](C)C(=O)C(C)C.O=C=O. The maximum absolute atomic E-state index is 12.6. The Kier molecular flexibility index (Phi) is 17.8. The molecule has 11 heteroatoms. The second kappa shape index (κ2) is 18.0. The number of ketones is 2. The number of rotatable bonds is 15. The topological polar surface area (TPSA) is 164 Å². The lowest BCUT2D eigenvalue weighted by molar-refractivity contribution is -0.191. The Hall–Kier alpha value is -2.52. The molecule has 0 heterocycles. The largest absolute Gasteiger partial charge is 0.481 e. The second-order valence-electron chi connectivity index (χ2n) is 8.13. The van der Waals surface area contributed by atoms with Gasteiger partial charge in [0, 0.05) is 37.6 Å². The van der Waals surface area contributed by atoms with Gasteiger partial charge in [-0.2, -0.15) is 9.59 Å². The van der Waals surface area contributed by atoms with Crippen LogP contribution in [0.5, 0.6) is 0 Å². The van der Waals surface area contributed by atoms with Crippen LogP contribution in [0.4, 0.5) is 0 Å². The van der Waals surface area contributed by atoms with Gasteiger partial charge < -0.3 is 15.7 Å². The fourth-order valence-electron chi connectivity index (χ4n) is 2.87. The smallest absolute Gasteiger partial charge is 0.373 e. The van der Waals surface area contributed by atoms with Gasteiger partial charge in [0.25, 0.3) is 0 Å². The number of aliphatic carboxylic acids is 1. The van der Waals surface area contributed by atoms with E-state index in [2.05, 4.69) is 10.6 Å². The first-order chi connectivity index (χ1) is 15.3. The fraction of sp³-hybridized carbons (Fsp3) is 0.727. The van der Waals surface area contributed by atoms with Crippen LogP contribution in [0, 0.1) is 11.8 Å². The second-order valence-corrected chi connectivity index (χ2v) is 10.1. The molecule has 188 valence electrons. The van der Waals surface area contributed by atoms with E-state index in [4.69, 9.17) is 14.7 Å². The van der Waals surface area contributed by atoms with E-state index in [0.717, 1.165) is 0 Å². The molecule has 0 aromatic heterocycles. The first-order valence-electron chi connectivity index (χ1n) is 10.8. The van der Waals surface area contributed by atoms with Crippen molar-refractivity contribution in [1.82, 2.24) is 10.6 Å². The summed E-state index contributed by atoms with van der Waals surface area (Å²) in [5.74, 6) is -2.81. The molecule has 0 rings (SSSR count). The Morgan fingerprint density at radius 1 is 0.939 bits per heavy atom. The van der Waals surface area contributed by atoms with Gasteiger partial charge in [-0.3, -0.25) is 24.0 Å². The number of thioether (sulfide) groups is 1. The number of nitrogens with one attached hydrogen (secondary N) is 2. The number of hydrogen-bond donors (Lipinski definition) is 3. The molecule has 0 aliphatic rings. The minimum absolute atomic E-state index is 0.0257. The van der Waals surface area contributed by atoms with Gasteiger partial charge in [-0.1, -0.05) is 34.6 Å². The molecule has 10 nitrogen and oxygen atoms in total. The molecule has 0 aliphatic carbocycles. The maximum atomic E-state index is 12.6.